The maximum atomic E-state index is 13.5. The van der Waals surface area contributed by atoms with Gasteiger partial charge in [0.05, 0.1) is 49.1 Å². The molecule has 0 radical (unpaired) electrons. The van der Waals surface area contributed by atoms with Crippen LogP contribution in [-0.2, 0) is 9.59 Å². The van der Waals surface area contributed by atoms with E-state index in [4.69, 9.17) is 25.8 Å². The van der Waals surface area contributed by atoms with Crippen LogP contribution in [0.3, 0.4) is 0 Å². The molecule has 1 unspecified atom stereocenters. The van der Waals surface area contributed by atoms with E-state index < -0.39 is 23.5 Å². The topological polar surface area (TPSA) is 109 Å². The molecule has 3 aromatic rings. The van der Waals surface area contributed by atoms with Gasteiger partial charge in [-0.2, -0.15) is 5.26 Å². The maximum Gasteiger partial charge on any atom is 0.300 e. The van der Waals surface area contributed by atoms with Gasteiger partial charge in [0, 0.05) is 16.8 Å². The van der Waals surface area contributed by atoms with Crippen LogP contribution in [0.1, 0.15) is 29.7 Å². The first-order valence-electron chi connectivity index (χ1n) is 11.3. The number of ether oxygens (including phenoxy) is 3. The van der Waals surface area contributed by atoms with E-state index >= 15 is 0 Å². The zero-order valence-electron chi connectivity index (χ0n) is 20.3. The van der Waals surface area contributed by atoms with Crippen LogP contribution in [-0.4, -0.2) is 37.6 Å². The number of aliphatic hydroxyl groups excluding tert-OH is 1. The molecule has 0 aromatic heterocycles. The van der Waals surface area contributed by atoms with Crippen LogP contribution >= 0.6 is 11.6 Å². The number of Topliss-reactive ketones (excluding diaryl/α,β-unsaturated/α-hetero) is 1. The number of nitriles is 1. The summed E-state index contributed by atoms with van der Waals surface area (Å²) in [5, 5.41) is 21.0. The Labute approximate surface area is 218 Å². The fourth-order valence-electron chi connectivity index (χ4n) is 4.29. The van der Waals surface area contributed by atoms with Crippen molar-refractivity contribution in [3.8, 4) is 23.3 Å². The molecule has 0 saturated carbocycles. The third-order valence-corrected chi connectivity index (χ3v) is 6.26. The van der Waals surface area contributed by atoms with E-state index in [1.165, 1.54) is 31.3 Å². The van der Waals surface area contributed by atoms with Crippen LogP contribution in [0.2, 0.25) is 5.02 Å². The Morgan fingerprint density at radius 3 is 2.41 bits per heavy atom. The van der Waals surface area contributed by atoms with Crippen molar-refractivity contribution < 1.29 is 28.9 Å². The number of benzene rings is 3. The Balaban J connectivity index is 2.00. The van der Waals surface area contributed by atoms with E-state index in [2.05, 4.69) is 0 Å². The summed E-state index contributed by atoms with van der Waals surface area (Å²) >= 11 is 6.21. The van der Waals surface area contributed by atoms with Crippen LogP contribution in [0.15, 0.2) is 66.2 Å². The summed E-state index contributed by atoms with van der Waals surface area (Å²) in [6.07, 6.45) is 0. The van der Waals surface area contributed by atoms with Crippen molar-refractivity contribution >= 4 is 34.7 Å². The molecule has 1 fully saturated rings. The zero-order valence-corrected chi connectivity index (χ0v) is 21.1. The second-order valence-corrected chi connectivity index (χ2v) is 8.40. The Morgan fingerprint density at radius 2 is 1.78 bits per heavy atom. The zero-order chi connectivity index (χ0) is 26.7. The Bertz CT molecular complexity index is 1440. The predicted octanol–water partition coefficient (Wildman–Crippen LogP) is 5.25. The number of carbonyl (C=O) groups excluding carboxylic acids is 2. The first kappa shape index (κ1) is 25.6. The van der Waals surface area contributed by atoms with Gasteiger partial charge >= 0.3 is 0 Å². The van der Waals surface area contributed by atoms with Crippen molar-refractivity contribution in [2.45, 2.75) is 13.0 Å². The lowest BCUT2D eigenvalue weighted by Gasteiger charge is -2.27. The molecule has 1 aliphatic heterocycles. The number of hydrogen-bond donors (Lipinski definition) is 1. The van der Waals surface area contributed by atoms with E-state index in [0.29, 0.717) is 45.7 Å². The molecule has 0 bridgehead atoms. The number of amides is 1. The van der Waals surface area contributed by atoms with Crippen LogP contribution in [0, 0.1) is 11.3 Å². The average Bonchev–Trinajstić information content (AvgIpc) is 3.18. The van der Waals surface area contributed by atoms with Gasteiger partial charge in [-0.3, -0.25) is 14.5 Å². The Hall–Kier alpha value is -4.48. The van der Waals surface area contributed by atoms with Gasteiger partial charge in [-0.25, -0.2) is 0 Å². The third kappa shape index (κ3) is 4.57. The second kappa shape index (κ2) is 10.6. The standard InChI is InChI=1S/C28H23ClN2O6/c1-4-37-22-14-17(10-13-20(22)29)25(32)23-24(19-6-5-7-21(35-2)27(19)36-3)31(28(34)26(23)33)18-11-8-16(15-30)9-12-18/h5-14,24,32H,4H2,1-3H3/b25-23-. The lowest BCUT2D eigenvalue weighted by Crippen LogP contribution is -2.29. The predicted molar refractivity (Wildman–Crippen MR) is 138 cm³/mol. The van der Waals surface area contributed by atoms with Crippen molar-refractivity contribution in [3.05, 3.63) is 87.9 Å². The van der Waals surface area contributed by atoms with E-state index in [1.54, 1.807) is 55.5 Å². The number of anilines is 1. The molecule has 1 amide bonds. The highest BCUT2D eigenvalue weighted by atomic mass is 35.5. The molecule has 3 aromatic carbocycles. The molecule has 4 rings (SSSR count). The largest absolute Gasteiger partial charge is 0.507 e. The Kier molecular flexibility index (Phi) is 7.37. The van der Waals surface area contributed by atoms with E-state index in [0.717, 1.165) is 0 Å². The molecule has 1 aliphatic rings. The first-order chi connectivity index (χ1) is 17.9. The highest BCUT2D eigenvalue weighted by molar-refractivity contribution is 6.51. The molecule has 1 saturated heterocycles. The van der Waals surface area contributed by atoms with E-state index in [1.807, 2.05) is 6.07 Å². The minimum absolute atomic E-state index is 0.148. The molecule has 1 N–H and O–H groups in total. The highest BCUT2D eigenvalue weighted by Gasteiger charge is 2.48. The highest BCUT2D eigenvalue weighted by Crippen LogP contribution is 2.47. The smallest absolute Gasteiger partial charge is 0.300 e. The first-order valence-corrected chi connectivity index (χ1v) is 11.7. The third-order valence-electron chi connectivity index (χ3n) is 5.95. The van der Waals surface area contributed by atoms with Gasteiger partial charge < -0.3 is 19.3 Å². The van der Waals surface area contributed by atoms with Gasteiger partial charge in [0.1, 0.15) is 11.5 Å². The summed E-state index contributed by atoms with van der Waals surface area (Å²) in [6, 6.07) is 16.9. The summed E-state index contributed by atoms with van der Waals surface area (Å²) in [7, 11) is 2.92. The van der Waals surface area contributed by atoms with Crippen molar-refractivity contribution in [3.63, 3.8) is 0 Å². The summed E-state index contributed by atoms with van der Waals surface area (Å²) in [6.45, 7) is 2.13. The molecular formula is C28H23ClN2O6. The lowest BCUT2D eigenvalue weighted by atomic mass is 9.94. The normalized spacial score (nSPS) is 16.4. The average molecular weight is 519 g/mol. The molecule has 37 heavy (non-hydrogen) atoms. The van der Waals surface area contributed by atoms with E-state index in [-0.39, 0.29) is 11.1 Å². The van der Waals surface area contributed by atoms with Crippen molar-refractivity contribution in [1.29, 1.82) is 5.26 Å². The maximum absolute atomic E-state index is 13.5. The number of hydrogen-bond acceptors (Lipinski definition) is 7. The molecule has 9 heteroatoms. The molecular weight excluding hydrogens is 496 g/mol. The minimum atomic E-state index is -1.07. The van der Waals surface area contributed by atoms with Gasteiger partial charge in [-0.1, -0.05) is 23.7 Å². The SMILES string of the molecule is CCOc1cc(/C(O)=C2/C(=O)C(=O)N(c3ccc(C#N)cc3)C2c2cccc(OC)c2OC)ccc1Cl. The summed E-state index contributed by atoms with van der Waals surface area (Å²) in [5.74, 6) is -1.13. The number of aliphatic hydroxyl groups is 1. The number of carbonyl (C=O) groups is 2. The van der Waals surface area contributed by atoms with Crippen molar-refractivity contribution in [1.82, 2.24) is 0 Å². The summed E-state index contributed by atoms with van der Waals surface area (Å²) < 4.78 is 16.6. The number of halogens is 1. The van der Waals surface area contributed by atoms with Gasteiger partial charge in [0.2, 0.25) is 0 Å². The van der Waals surface area contributed by atoms with Crippen LogP contribution < -0.4 is 19.1 Å². The van der Waals surface area contributed by atoms with E-state index in [9.17, 15) is 20.0 Å². The molecule has 0 aliphatic carbocycles. The van der Waals surface area contributed by atoms with Gasteiger partial charge in [-0.15, -0.1) is 0 Å². The van der Waals surface area contributed by atoms with Gasteiger partial charge in [0.25, 0.3) is 11.7 Å². The second-order valence-electron chi connectivity index (χ2n) is 7.99. The molecule has 188 valence electrons. The number of para-hydroxylation sites is 1. The van der Waals surface area contributed by atoms with Gasteiger partial charge in [0.15, 0.2) is 11.5 Å². The molecule has 1 heterocycles. The summed E-state index contributed by atoms with van der Waals surface area (Å²) in [4.78, 5) is 28.1. The van der Waals surface area contributed by atoms with Crippen molar-refractivity contribution in [2.24, 2.45) is 0 Å². The Morgan fingerprint density at radius 1 is 1.05 bits per heavy atom. The quantitative estimate of drug-likeness (QED) is 0.258. The van der Waals surface area contributed by atoms with Crippen molar-refractivity contribution in [2.75, 3.05) is 25.7 Å². The summed E-state index contributed by atoms with van der Waals surface area (Å²) in [5.41, 5.74) is 1.27. The molecule has 1 atom stereocenters. The number of rotatable bonds is 7. The minimum Gasteiger partial charge on any atom is -0.507 e. The number of nitrogens with zero attached hydrogens (tertiary/aromatic N) is 2. The lowest BCUT2D eigenvalue weighted by molar-refractivity contribution is -0.132. The van der Waals surface area contributed by atoms with Gasteiger partial charge in [-0.05, 0) is 55.5 Å². The van der Waals surface area contributed by atoms with Crippen LogP contribution in [0.4, 0.5) is 5.69 Å². The fraction of sp³-hybridized carbons (Fsp3) is 0.179. The number of methoxy groups -OCH3 is 2. The number of ketones is 1. The monoisotopic (exact) mass is 518 g/mol. The molecule has 0 spiro atoms. The van der Waals surface area contributed by atoms with Crippen LogP contribution in [0.5, 0.6) is 17.2 Å². The fourth-order valence-corrected chi connectivity index (χ4v) is 4.46. The van der Waals surface area contributed by atoms with Crippen LogP contribution in [0.25, 0.3) is 5.76 Å². The molecule has 8 nitrogen and oxygen atoms in total.